The van der Waals surface area contributed by atoms with E-state index in [0.717, 1.165) is 25.9 Å². The second-order valence-corrected chi connectivity index (χ2v) is 4.36. The average molecular weight is 218 g/mol. The van der Waals surface area contributed by atoms with Crippen LogP contribution in [0.1, 0.15) is 25.3 Å². The van der Waals surface area contributed by atoms with E-state index < -0.39 is 5.54 Å². The van der Waals surface area contributed by atoms with Gasteiger partial charge in [0.2, 0.25) is 0 Å². The molecule has 1 fully saturated rings. The van der Waals surface area contributed by atoms with Gasteiger partial charge in [-0.2, -0.15) is 5.26 Å². The number of nitriles is 1. The van der Waals surface area contributed by atoms with Crippen molar-refractivity contribution in [2.24, 2.45) is 0 Å². The highest BCUT2D eigenvalue weighted by atomic mass is 19.1. The molecule has 0 aromatic heterocycles. The summed E-state index contributed by atoms with van der Waals surface area (Å²) < 4.78 is 13.7. The van der Waals surface area contributed by atoms with E-state index in [9.17, 15) is 9.65 Å². The Bertz CT molecular complexity index is 418. The highest BCUT2D eigenvalue weighted by molar-refractivity contribution is 5.32. The van der Waals surface area contributed by atoms with Crippen LogP contribution in [0.25, 0.3) is 0 Å². The monoisotopic (exact) mass is 218 g/mol. The first-order valence-corrected chi connectivity index (χ1v) is 5.60. The van der Waals surface area contributed by atoms with Crippen molar-refractivity contribution in [1.29, 1.82) is 5.26 Å². The smallest absolute Gasteiger partial charge is 0.134 e. The van der Waals surface area contributed by atoms with Gasteiger partial charge in [-0.25, -0.2) is 4.39 Å². The molecule has 1 aromatic rings. The number of nitrogens with zero attached hydrogens (tertiary/aromatic N) is 2. The minimum Gasteiger partial charge on any atom is -0.282 e. The number of benzene rings is 1. The van der Waals surface area contributed by atoms with Gasteiger partial charge in [-0.05, 0) is 38.9 Å². The summed E-state index contributed by atoms with van der Waals surface area (Å²) in [5.41, 5.74) is -0.346. The zero-order valence-corrected chi connectivity index (χ0v) is 9.41. The molecule has 0 aliphatic carbocycles. The Morgan fingerprint density at radius 3 is 2.50 bits per heavy atom. The standard InChI is InChI=1S/C13H15FN2/c1-13(10-15,16-8-4-5-9-16)11-6-2-3-7-12(11)14/h2-3,6-7H,4-5,8-9H2,1H3. The van der Waals surface area contributed by atoms with Crippen LogP contribution in [0, 0.1) is 17.1 Å². The Kier molecular flexibility index (Phi) is 2.93. The van der Waals surface area contributed by atoms with Crippen LogP contribution < -0.4 is 0 Å². The molecule has 1 aromatic carbocycles. The lowest BCUT2D eigenvalue weighted by atomic mass is 9.91. The normalized spacial score (nSPS) is 20.3. The Morgan fingerprint density at radius 1 is 1.31 bits per heavy atom. The van der Waals surface area contributed by atoms with Crippen molar-refractivity contribution >= 4 is 0 Å². The van der Waals surface area contributed by atoms with E-state index in [1.54, 1.807) is 25.1 Å². The molecule has 2 rings (SSSR count). The highest BCUT2D eigenvalue weighted by Crippen LogP contribution is 2.32. The van der Waals surface area contributed by atoms with Crippen LogP contribution in [-0.4, -0.2) is 18.0 Å². The van der Waals surface area contributed by atoms with Crippen molar-refractivity contribution in [2.45, 2.75) is 25.3 Å². The van der Waals surface area contributed by atoms with Gasteiger partial charge in [-0.15, -0.1) is 0 Å². The molecule has 3 heteroatoms. The van der Waals surface area contributed by atoms with Crippen LogP contribution in [0.5, 0.6) is 0 Å². The van der Waals surface area contributed by atoms with Crippen molar-refractivity contribution in [1.82, 2.24) is 4.90 Å². The molecule has 0 saturated carbocycles. The third-order valence-corrected chi connectivity index (χ3v) is 3.35. The predicted molar refractivity (Wildman–Crippen MR) is 60.2 cm³/mol. The first-order chi connectivity index (χ1) is 7.68. The quantitative estimate of drug-likeness (QED) is 0.763. The van der Waals surface area contributed by atoms with Crippen LogP contribution >= 0.6 is 0 Å². The fourth-order valence-electron chi connectivity index (χ4n) is 2.32. The molecular weight excluding hydrogens is 203 g/mol. The lowest BCUT2D eigenvalue weighted by Gasteiger charge is -2.32. The number of hydrogen-bond donors (Lipinski definition) is 0. The van der Waals surface area contributed by atoms with Gasteiger partial charge in [-0.3, -0.25) is 4.90 Å². The zero-order chi connectivity index (χ0) is 11.6. The van der Waals surface area contributed by atoms with Gasteiger partial charge >= 0.3 is 0 Å². The molecule has 2 nitrogen and oxygen atoms in total. The third kappa shape index (κ3) is 1.70. The Balaban J connectivity index is 2.42. The molecular formula is C13H15FN2. The summed E-state index contributed by atoms with van der Waals surface area (Å²) in [6.07, 6.45) is 2.18. The first kappa shape index (κ1) is 11.1. The first-order valence-electron chi connectivity index (χ1n) is 5.60. The molecule has 1 aliphatic heterocycles. The number of hydrogen-bond acceptors (Lipinski definition) is 2. The lowest BCUT2D eigenvalue weighted by molar-refractivity contribution is 0.188. The van der Waals surface area contributed by atoms with Crippen molar-refractivity contribution in [3.05, 3.63) is 35.6 Å². The third-order valence-electron chi connectivity index (χ3n) is 3.35. The summed E-state index contributed by atoms with van der Waals surface area (Å²) in [6, 6.07) is 8.82. The predicted octanol–water partition coefficient (Wildman–Crippen LogP) is 2.66. The molecule has 1 saturated heterocycles. The fourth-order valence-corrected chi connectivity index (χ4v) is 2.32. The van der Waals surface area contributed by atoms with Gasteiger partial charge in [0.25, 0.3) is 0 Å². The van der Waals surface area contributed by atoms with E-state index in [1.165, 1.54) is 6.07 Å². The summed E-state index contributed by atoms with van der Waals surface area (Å²) in [4.78, 5) is 2.06. The molecule has 1 unspecified atom stereocenters. The highest BCUT2D eigenvalue weighted by Gasteiger charge is 2.37. The van der Waals surface area contributed by atoms with Gasteiger partial charge < -0.3 is 0 Å². The second kappa shape index (κ2) is 4.23. The molecule has 1 atom stereocenters. The summed E-state index contributed by atoms with van der Waals surface area (Å²) in [6.45, 7) is 3.55. The lowest BCUT2D eigenvalue weighted by Crippen LogP contribution is -2.41. The molecule has 0 N–H and O–H groups in total. The number of halogens is 1. The molecule has 0 spiro atoms. The van der Waals surface area contributed by atoms with Crippen LogP contribution in [0.2, 0.25) is 0 Å². The zero-order valence-electron chi connectivity index (χ0n) is 9.41. The fraction of sp³-hybridized carbons (Fsp3) is 0.462. The molecule has 0 bridgehead atoms. The van der Waals surface area contributed by atoms with Crippen LogP contribution in [0.4, 0.5) is 4.39 Å². The van der Waals surface area contributed by atoms with Gasteiger partial charge in [0.15, 0.2) is 0 Å². The second-order valence-electron chi connectivity index (χ2n) is 4.36. The number of rotatable bonds is 2. The van der Waals surface area contributed by atoms with Crippen molar-refractivity contribution in [3.63, 3.8) is 0 Å². The van der Waals surface area contributed by atoms with Crippen LogP contribution in [0.3, 0.4) is 0 Å². The van der Waals surface area contributed by atoms with E-state index in [2.05, 4.69) is 11.0 Å². The van der Waals surface area contributed by atoms with Gasteiger partial charge in [0, 0.05) is 5.56 Å². The molecule has 84 valence electrons. The summed E-state index contributed by atoms with van der Waals surface area (Å²) in [7, 11) is 0. The molecule has 0 radical (unpaired) electrons. The SMILES string of the molecule is CC(C#N)(c1ccccc1F)N1CCCC1. The van der Waals surface area contributed by atoms with Crippen molar-refractivity contribution in [2.75, 3.05) is 13.1 Å². The van der Waals surface area contributed by atoms with E-state index in [-0.39, 0.29) is 5.82 Å². The van der Waals surface area contributed by atoms with Crippen molar-refractivity contribution in [3.8, 4) is 6.07 Å². The molecule has 16 heavy (non-hydrogen) atoms. The van der Waals surface area contributed by atoms with Crippen LogP contribution in [-0.2, 0) is 5.54 Å². The van der Waals surface area contributed by atoms with Gasteiger partial charge in [-0.1, -0.05) is 18.2 Å². The summed E-state index contributed by atoms with van der Waals surface area (Å²) in [5.74, 6) is -0.293. The molecule has 1 heterocycles. The Labute approximate surface area is 95.3 Å². The Morgan fingerprint density at radius 2 is 1.94 bits per heavy atom. The molecule has 0 amide bonds. The van der Waals surface area contributed by atoms with E-state index in [4.69, 9.17) is 0 Å². The summed E-state index contributed by atoms with van der Waals surface area (Å²) >= 11 is 0. The van der Waals surface area contributed by atoms with Gasteiger partial charge in [0.05, 0.1) is 6.07 Å². The topological polar surface area (TPSA) is 27.0 Å². The van der Waals surface area contributed by atoms with Gasteiger partial charge in [0.1, 0.15) is 11.4 Å². The van der Waals surface area contributed by atoms with E-state index in [1.807, 2.05) is 0 Å². The van der Waals surface area contributed by atoms with E-state index >= 15 is 0 Å². The van der Waals surface area contributed by atoms with Crippen LogP contribution in [0.15, 0.2) is 24.3 Å². The Hall–Kier alpha value is -1.40. The molecule has 1 aliphatic rings. The number of likely N-dealkylation sites (tertiary alicyclic amines) is 1. The average Bonchev–Trinajstić information content (AvgIpc) is 2.82. The largest absolute Gasteiger partial charge is 0.282 e. The maximum atomic E-state index is 13.7. The maximum Gasteiger partial charge on any atom is 0.134 e. The van der Waals surface area contributed by atoms with Crippen molar-refractivity contribution < 1.29 is 4.39 Å². The summed E-state index contributed by atoms with van der Waals surface area (Å²) in [5, 5.41) is 9.37. The minimum absolute atomic E-state index is 0.293. The van der Waals surface area contributed by atoms with E-state index in [0.29, 0.717) is 5.56 Å². The minimum atomic E-state index is -0.832. The maximum absolute atomic E-state index is 13.7.